The topological polar surface area (TPSA) is 62.3 Å². The van der Waals surface area contributed by atoms with E-state index in [2.05, 4.69) is 71.0 Å². The van der Waals surface area contributed by atoms with Crippen molar-refractivity contribution in [2.24, 2.45) is 5.41 Å². The molecule has 0 atom stereocenters. The first-order valence-electron chi connectivity index (χ1n) is 13.1. The van der Waals surface area contributed by atoms with E-state index in [-0.39, 0.29) is 11.3 Å². The quantitative estimate of drug-likeness (QED) is 0.183. The van der Waals surface area contributed by atoms with Crippen LogP contribution in [0.4, 0.5) is 0 Å². The first kappa shape index (κ1) is 32.0. The Morgan fingerprint density at radius 1 is 1.24 bits per heavy atom. The molecule has 1 aliphatic rings. The zero-order valence-corrected chi connectivity index (χ0v) is 24.8. The lowest BCUT2D eigenvalue weighted by Crippen LogP contribution is -2.55. The van der Waals surface area contributed by atoms with Crippen LogP contribution in [0.1, 0.15) is 85.4 Å². The van der Waals surface area contributed by atoms with Crippen molar-refractivity contribution in [1.82, 2.24) is 15.2 Å². The van der Waals surface area contributed by atoms with Gasteiger partial charge in [-0.2, -0.15) is 0 Å². The summed E-state index contributed by atoms with van der Waals surface area (Å²) in [6.45, 7) is 22.0. The van der Waals surface area contributed by atoms with Gasteiger partial charge in [0.05, 0.1) is 11.3 Å². The molecule has 1 N–H and O–H groups in total. The highest BCUT2D eigenvalue weighted by Crippen LogP contribution is 2.33. The normalized spacial score (nSPS) is 16.4. The van der Waals surface area contributed by atoms with Crippen LogP contribution in [0.3, 0.4) is 0 Å². The fourth-order valence-electron chi connectivity index (χ4n) is 4.05. The first-order valence-corrected chi connectivity index (χ1v) is 14.0. The molecule has 37 heavy (non-hydrogen) atoms. The minimum absolute atomic E-state index is 0.0890. The van der Waals surface area contributed by atoms with Gasteiger partial charge in [0.2, 0.25) is 6.41 Å². The van der Waals surface area contributed by atoms with Crippen LogP contribution in [-0.4, -0.2) is 35.3 Å². The highest BCUT2D eigenvalue weighted by Gasteiger charge is 2.37. The number of rotatable bonds is 11. The average Bonchev–Trinajstić information content (AvgIpc) is 3.33. The summed E-state index contributed by atoms with van der Waals surface area (Å²) < 4.78 is 0. The fraction of sp³-hybridized carbons (Fsp3) is 0.452. The Balaban J connectivity index is 0.00000217. The maximum Gasteiger partial charge on any atom is 0.255 e. The largest absolute Gasteiger partial charge is 0.337 e. The first-order chi connectivity index (χ1) is 17.6. The van der Waals surface area contributed by atoms with Crippen LogP contribution in [0.2, 0.25) is 0 Å². The van der Waals surface area contributed by atoms with Crippen molar-refractivity contribution in [3.05, 3.63) is 76.0 Å². The molecule has 0 aromatic carbocycles. The van der Waals surface area contributed by atoms with Gasteiger partial charge in [0, 0.05) is 30.2 Å². The van der Waals surface area contributed by atoms with Gasteiger partial charge in [0.25, 0.3) is 5.91 Å². The molecule has 2 amide bonds. The number of amides is 2. The van der Waals surface area contributed by atoms with Crippen LogP contribution in [0, 0.1) is 5.41 Å². The van der Waals surface area contributed by atoms with Crippen molar-refractivity contribution < 1.29 is 9.59 Å². The van der Waals surface area contributed by atoms with Gasteiger partial charge in [-0.05, 0) is 49.8 Å². The van der Waals surface area contributed by atoms with Crippen molar-refractivity contribution in [2.45, 2.75) is 74.7 Å². The van der Waals surface area contributed by atoms with Crippen LogP contribution in [0.5, 0.6) is 0 Å². The van der Waals surface area contributed by atoms with Crippen molar-refractivity contribution in [2.75, 3.05) is 13.1 Å². The number of hydrogen-bond donors (Lipinski definition) is 1. The maximum absolute atomic E-state index is 13.0. The third-order valence-corrected chi connectivity index (χ3v) is 6.61. The van der Waals surface area contributed by atoms with Crippen LogP contribution in [0.25, 0.3) is 11.1 Å². The van der Waals surface area contributed by atoms with Crippen molar-refractivity contribution in [1.29, 1.82) is 0 Å². The standard InChI is InChI=1S/C28H37N3O2S.C3H8/c1-8-11-13-24(20(4)12-9-2)23(10-3)25-16-34-26(30-25)21(5)14-22(15-29-19-32)27(33)31-17-28(6,7)18-31;1-3-2/h8,10-11,13-16,19H,1,9,12,17-18H2,2-7H3,(H,29,32);3H2,1-2H3/b13-11-,21-14+,22-15+,23-10+,24-20-;. The number of hydrogen-bond acceptors (Lipinski definition) is 4. The van der Waals surface area contributed by atoms with Crippen molar-refractivity contribution in [3.8, 4) is 0 Å². The van der Waals surface area contributed by atoms with Gasteiger partial charge in [-0.25, -0.2) is 4.98 Å². The van der Waals surface area contributed by atoms with Gasteiger partial charge in [0.15, 0.2) is 0 Å². The van der Waals surface area contributed by atoms with Gasteiger partial charge in [-0.15, -0.1) is 11.3 Å². The Kier molecular flexibility index (Phi) is 13.8. The molecule has 0 unspecified atom stereocenters. The van der Waals surface area contributed by atoms with E-state index in [9.17, 15) is 9.59 Å². The molecule has 1 fully saturated rings. The van der Waals surface area contributed by atoms with Crippen molar-refractivity contribution in [3.63, 3.8) is 0 Å². The minimum Gasteiger partial charge on any atom is -0.337 e. The second kappa shape index (κ2) is 16.0. The molecule has 2 rings (SSSR count). The molecule has 0 spiro atoms. The van der Waals surface area contributed by atoms with E-state index in [4.69, 9.17) is 4.98 Å². The Hall–Kier alpha value is -2.99. The molecular weight excluding hydrogens is 478 g/mol. The van der Waals surface area contributed by atoms with Crippen LogP contribution in [0.15, 0.2) is 65.3 Å². The van der Waals surface area contributed by atoms with E-state index in [0.29, 0.717) is 25.1 Å². The summed E-state index contributed by atoms with van der Waals surface area (Å²) in [5, 5.41) is 5.41. The lowest BCUT2D eigenvalue weighted by Gasteiger charge is -2.45. The number of allylic oxidation sites excluding steroid dienone is 8. The minimum atomic E-state index is -0.0890. The van der Waals surface area contributed by atoms with Crippen LogP contribution < -0.4 is 5.32 Å². The molecular formula is C31H45N3O2S. The maximum atomic E-state index is 13.0. The molecule has 1 saturated heterocycles. The lowest BCUT2D eigenvalue weighted by atomic mass is 9.84. The zero-order valence-electron chi connectivity index (χ0n) is 24.0. The summed E-state index contributed by atoms with van der Waals surface area (Å²) >= 11 is 1.54. The van der Waals surface area contributed by atoms with E-state index in [0.717, 1.165) is 40.3 Å². The number of thiazole rings is 1. The van der Waals surface area contributed by atoms with E-state index in [1.807, 2.05) is 19.9 Å². The molecule has 1 aliphatic heterocycles. The predicted octanol–water partition coefficient (Wildman–Crippen LogP) is 7.72. The average molecular weight is 524 g/mol. The molecule has 1 aromatic heterocycles. The number of aromatic nitrogens is 1. The summed E-state index contributed by atoms with van der Waals surface area (Å²) in [6.07, 6.45) is 15.1. The Bertz CT molecular complexity index is 1080. The number of carbonyl (C=O) groups excluding carboxylic acids is 2. The number of likely N-dealkylation sites (tertiary alicyclic amines) is 1. The van der Waals surface area contributed by atoms with Crippen LogP contribution in [-0.2, 0) is 9.59 Å². The zero-order chi connectivity index (χ0) is 28.0. The van der Waals surface area contributed by atoms with E-state index >= 15 is 0 Å². The Morgan fingerprint density at radius 2 is 1.89 bits per heavy atom. The molecule has 6 heteroatoms. The third kappa shape index (κ3) is 9.77. The molecule has 5 nitrogen and oxygen atoms in total. The van der Waals surface area contributed by atoms with Gasteiger partial charge in [-0.1, -0.05) is 83.9 Å². The monoisotopic (exact) mass is 523 g/mol. The van der Waals surface area contributed by atoms with Gasteiger partial charge < -0.3 is 10.2 Å². The van der Waals surface area contributed by atoms with Crippen molar-refractivity contribution >= 4 is 34.8 Å². The predicted molar refractivity (Wildman–Crippen MR) is 160 cm³/mol. The summed E-state index contributed by atoms with van der Waals surface area (Å²) in [5.41, 5.74) is 5.90. The van der Waals surface area contributed by atoms with Gasteiger partial charge in [0.1, 0.15) is 5.01 Å². The molecule has 2 heterocycles. The number of nitrogens with one attached hydrogen (secondary N) is 1. The summed E-state index contributed by atoms with van der Waals surface area (Å²) in [6, 6.07) is 0. The number of nitrogens with zero attached hydrogens (tertiary/aromatic N) is 2. The highest BCUT2D eigenvalue weighted by atomic mass is 32.1. The molecule has 0 radical (unpaired) electrons. The van der Waals surface area contributed by atoms with E-state index in [1.54, 1.807) is 28.4 Å². The summed E-state index contributed by atoms with van der Waals surface area (Å²) in [5.74, 6) is -0.0890. The lowest BCUT2D eigenvalue weighted by molar-refractivity contribution is -0.136. The molecule has 0 bridgehead atoms. The summed E-state index contributed by atoms with van der Waals surface area (Å²) in [4.78, 5) is 30.5. The second-order valence-electron chi connectivity index (χ2n) is 10.0. The summed E-state index contributed by atoms with van der Waals surface area (Å²) in [7, 11) is 0. The molecule has 202 valence electrons. The van der Waals surface area contributed by atoms with E-state index < -0.39 is 0 Å². The van der Waals surface area contributed by atoms with Gasteiger partial charge >= 0.3 is 0 Å². The van der Waals surface area contributed by atoms with Gasteiger partial charge in [-0.3, -0.25) is 9.59 Å². The number of carbonyl (C=O) groups is 2. The SMILES string of the molecule is C=C\C=C/C(=C(\C)CCC)C(=C\C)/c1csc(/C(C)=C/C(=C\NC=O)C(=O)N2CC(C)(C)C2)n1.CCC. The third-order valence-electron chi connectivity index (χ3n) is 5.63. The Morgan fingerprint density at radius 3 is 2.41 bits per heavy atom. The highest BCUT2D eigenvalue weighted by molar-refractivity contribution is 7.10. The smallest absolute Gasteiger partial charge is 0.255 e. The molecule has 0 saturated carbocycles. The second-order valence-corrected chi connectivity index (χ2v) is 10.9. The van der Waals surface area contributed by atoms with Crippen LogP contribution >= 0.6 is 11.3 Å². The Labute approximate surface area is 228 Å². The molecule has 1 aromatic rings. The fourth-order valence-corrected chi connectivity index (χ4v) is 4.85. The molecule has 0 aliphatic carbocycles. The van der Waals surface area contributed by atoms with E-state index in [1.165, 1.54) is 18.2 Å².